The molecule has 1 heterocycles. The smallest absolute Gasteiger partial charge is 0.300 e. The highest BCUT2D eigenvalue weighted by Gasteiger charge is 2.36. The lowest BCUT2D eigenvalue weighted by Gasteiger charge is -2.26. The first-order chi connectivity index (χ1) is 15.5. The highest BCUT2D eigenvalue weighted by molar-refractivity contribution is 7.90. The first-order valence-electron chi connectivity index (χ1n) is 10.1. The highest BCUT2D eigenvalue weighted by Crippen LogP contribution is 2.32. The third kappa shape index (κ3) is 5.39. The second kappa shape index (κ2) is 9.96. The number of nitrogens with zero attached hydrogens (tertiary/aromatic N) is 2. The molecule has 7 nitrogen and oxygen atoms in total. The molecule has 33 heavy (non-hydrogen) atoms. The van der Waals surface area contributed by atoms with E-state index in [-0.39, 0.29) is 11.6 Å². The summed E-state index contributed by atoms with van der Waals surface area (Å²) in [6.07, 6.45) is 0.596. The average molecular weight is 498 g/mol. The van der Waals surface area contributed by atoms with Crippen LogP contribution in [0.2, 0.25) is 5.02 Å². The molecule has 0 bridgehead atoms. The van der Waals surface area contributed by atoms with Crippen LogP contribution in [0.15, 0.2) is 53.5 Å². The molecule has 2 atom stereocenters. The quantitative estimate of drug-likeness (QED) is 0.632. The fourth-order valence-electron chi connectivity index (χ4n) is 3.44. The fraction of sp³-hybridized carbons (Fsp3) is 0.318. The molecule has 0 saturated carbocycles. The second-order valence-corrected chi connectivity index (χ2v) is 9.68. The van der Waals surface area contributed by atoms with E-state index in [1.165, 1.54) is 16.9 Å². The molecule has 3 rings (SSSR count). The topological polar surface area (TPSA) is 95.9 Å². The molecule has 1 aliphatic rings. The molecule has 0 saturated heterocycles. The standard InChI is InChI=1S/C22H22ClF2N3O4S/c1-3-13(2)19-21(30)28(12-18(29)27-33(31,32)22(24)25)17-10-9-15(23)11-16(17)20(26-19)14-7-5-4-6-8-14/h4-11,13,19,22H,3,12H2,1-2H3,(H,27,29)/t13-,19?/m0/s1. The van der Waals surface area contributed by atoms with Gasteiger partial charge in [-0.3, -0.25) is 14.6 Å². The van der Waals surface area contributed by atoms with Gasteiger partial charge in [0.05, 0.1) is 11.4 Å². The summed E-state index contributed by atoms with van der Waals surface area (Å²) in [5, 5.41) is 0.358. The lowest BCUT2D eigenvalue weighted by Crippen LogP contribution is -2.47. The molecule has 2 aromatic carbocycles. The maximum Gasteiger partial charge on any atom is 0.355 e. The number of nitrogens with one attached hydrogen (secondary N) is 1. The third-order valence-electron chi connectivity index (χ3n) is 5.31. The number of fused-ring (bicyclic) bond motifs is 1. The summed E-state index contributed by atoms with van der Waals surface area (Å²) in [5.41, 5.74) is 1.92. The predicted octanol–water partition coefficient (Wildman–Crippen LogP) is 3.61. The van der Waals surface area contributed by atoms with E-state index in [0.29, 0.717) is 28.3 Å². The molecule has 0 radical (unpaired) electrons. The minimum atomic E-state index is -5.17. The Bertz CT molecular complexity index is 1190. The van der Waals surface area contributed by atoms with Gasteiger partial charge in [0.15, 0.2) is 0 Å². The third-order valence-corrected chi connectivity index (χ3v) is 6.53. The maximum atomic E-state index is 13.5. The Labute approximate surface area is 195 Å². The molecule has 0 aromatic heterocycles. The number of aliphatic imine (C=N–C) groups is 1. The Morgan fingerprint density at radius 3 is 2.48 bits per heavy atom. The summed E-state index contributed by atoms with van der Waals surface area (Å²) in [4.78, 5) is 31.7. The van der Waals surface area contributed by atoms with Crippen molar-refractivity contribution in [1.29, 1.82) is 0 Å². The monoisotopic (exact) mass is 497 g/mol. The summed E-state index contributed by atoms with van der Waals surface area (Å²) in [7, 11) is -5.17. The van der Waals surface area contributed by atoms with Gasteiger partial charge in [0, 0.05) is 16.1 Å². The summed E-state index contributed by atoms with van der Waals surface area (Å²) < 4.78 is 49.6. The van der Waals surface area contributed by atoms with Gasteiger partial charge >= 0.3 is 5.76 Å². The Morgan fingerprint density at radius 1 is 1.21 bits per heavy atom. The lowest BCUT2D eigenvalue weighted by atomic mass is 9.98. The van der Waals surface area contributed by atoms with E-state index in [2.05, 4.69) is 0 Å². The molecule has 2 aromatic rings. The van der Waals surface area contributed by atoms with Crippen LogP contribution in [0.25, 0.3) is 0 Å². The van der Waals surface area contributed by atoms with Gasteiger partial charge in [0.2, 0.25) is 0 Å². The van der Waals surface area contributed by atoms with Crippen molar-refractivity contribution < 1.29 is 26.8 Å². The van der Waals surface area contributed by atoms with E-state index in [0.717, 1.165) is 4.90 Å². The highest BCUT2D eigenvalue weighted by atomic mass is 35.5. The van der Waals surface area contributed by atoms with E-state index >= 15 is 0 Å². The predicted molar refractivity (Wildman–Crippen MR) is 122 cm³/mol. The SMILES string of the molecule is CC[C@H](C)C1N=C(c2ccccc2)c2cc(Cl)ccc2N(CC(=O)NS(=O)(=O)C(F)F)C1=O. The largest absolute Gasteiger partial charge is 0.355 e. The van der Waals surface area contributed by atoms with E-state index in [4.69, 9.17) is 16.6 Å². The van der Waals surface area contributed by atoms with Crippen molar-refractivity contribution in [2.24, 2.45) is 10.9 Å². The van der Waals surface area contributed by atoms with Gasteiger partial charge in [-0.25, -0.2) is 13.1 Å². The van der Waals surface area contributed by atoms with Crippen molar-refractivity contribution in [3.8, 4) is 0 Å². The molecule has 11 heteroatoms. The van der Waals surface area contributed by atoms with Crippen molar-refractivity contribution in [1.82, 2.24) is 4.72 Å². The van der Waals surface area contributed by atoms with Crippen molar-refractivity contribution in [2.75, 3.05) is 11.4 Å². The van der Waals surface area contributed by atoms with Crippen LogP contribution in [0.4, 0.5) is 14.5 Å². The number of sulfonamides is 1. The van der Waals surface area contributed by atoms with Gasteiger partial charge in [-0.15, -0.1) is 0 Å². The molecule has 0 fully saturated rings. The van der Waals surface area contributed by atoms with Crippen LogP contribution in [0, 0.1) is 5.92 Å². The van der Waals surface area contributed by atoms with Crippen LogP contribution in [0.1, 0.15) is 31.4 Å². The number of alkyl halides is 2. The van der Waals surface area contributed by atoms with Gasteiger partial charge in [0.1, 0.15) is 12.6 Å². The summed E-state index contributed by atoms with van der Waals surface area (Å²) in [6, 6.07) is 12.8. The normalized spacial score (nSPS) is 17.3. The number of benzodiazepines with no additional fused rings is 1. The van der Waals surface area contributed by atoms with Crippen LogP contribution in [-0.4, -0.2) is 44.3 Å². The number of carbonyl (C=O) groups is 2. The van der Waals surface area contributed by atoms with E-state index in [1.807, 2.05) is 44.2 Å². The van der Waals surface area contributed by atoms with Crippen LogP contribution in [0.3, 0.4) is 0 Å². The molecule has 176 valence electrons. The summed E-state index contributed by atoms with van der Waals surface area (Å²) in [5.74, 6) is -5.83. The molecule has 2 amide bonds. The van der Waals surface area contributed by atoms with E-state index < -0.39 is 40.2 Å². The zero-order valence-corrected chi connectivity index (χ0v) is 19.4. The molecule has 1 unspecified atom stereocenters. The van der Waals surface area contributed by atoms with Crippen molar-refractivity contribution in [3.05, 3.63) is 64.7 Å². The van der Waals surface area contributed by atoms with Crippen molar-refractivity contribution >= 4 is 44.8 Å². The van der Waals surface area contributed by atoms with Crippen LogP contribution < -0.4 is 9.62 Å². The minimum Gasteiger partial charge on any atom is -0.300 e. The number of halogens is 3. The number of carbonyl (C=O) groups excluding carboxylic acids is 2. The number of anilines is 1. The Kier molecular flexibility index (Phi) is 7.48. The van der Waals surface area contributed by atoms with E-state index in [1.54, 1.807) is 6.07 Å². The summed E-state index contributed by atoms with van der Waals surface area (Å²) in [6.45, 7) is 2.93. The number of benzene rings is 2. The molecule has 1 N–H and O–H groups in total. The Balaban J connectivity index is 2.14. The lowest BCUT2D eigenvalue weighted by molar-refractivity contribution is -0.124. The Morgan fingerprint density at radius 2 is 1.88 bits per heavy atom. The number of hydrogen-bond donors (Lipinski definition) is 1. The molecular weight excluding hydrogens is 476 g/mol. The van der Waals surface area contributed by atoms with Gasteiger partial charge in [-0.2, -0.15) is 8.78 Å². The first-order valence-corrected chi connectivity index (χ1v) is 12.0. The Hall–Kier alpha value is -2.85. The minimum absolute atomic E-state index is 0.226. The second-order valence-electron chi connectivity index (χ2n) is 7.59. The maximum absolute atomic E-state index is 13.5. The number of rotatable bonds is 7. The zero-order chi connectivity index (χ0) is 24.3. The van der Waals surface area contributed by atoms with E-state index in [9.17, 15) is 26.8 Å². The van der Waals surface area contributed by atoms with Crippen LogP contribution in [0.5, 0.6) is 0 Å². The average Bonchev–Trinajstić information content (AvgIpc) is 2.88. The van der Waals surface area contributed by atoms with Gasteiger partial charge in [-0.1, -0.05) is 62.2 Å². The van der Waals surface area contributed by atoms with Crippen LogP contribution >= 0.6 is 11.6 Å². The first kappa shape index (κ1) is 24.8. The van der Waals surface area contributed by atoms with Gasteiger partial charge in [-0.05, 0) is 24.1 Å². The van der Waals surface area contributed by atoms with Gasteiger partial charge < -0.3 is 4.90 Å². The van der Waals surface area contributed by atoms with Crippen LogP contribution in [-0.2, 0) is 19.6 Å². The molecule has 0 aliphatic carbocycles. The van der Waals surface area contributed by atoms with Crippen molar-refractivity contribution in [3.63, 3.8) is 0 Å². The number of hydrogen-bond acceptors (Lipinski definition) is 5. The molecule has 0 spiro atoms. The summed E-state index contributed by atoms with van der Waals surface area (Å²) >= 11 is 6.22. The fourth-order valence-corrected chi connectivity index (χ4v) is 4.08. The van der Waals surface area contributed by atoms with Crippen molar-refractivity contribution in [2.45, 2.75) is 32.1 Å². The molecule has 1 aliphatic heterocycles. The van der Waals surface area contributed by atoms with Gasteiger partial charge in [0.25, 0.3) is 21.8 Å². The zero-order valence-electron chi connectivity index (χ0n) is 17.8. The molecular formula is C22H22ClF2N3O4S. The number of amides is 2.